The predicted octanol–water partition coefficient (Wildman–Crippen LogP) is 1.17. The van der Waals surface area contributed by atoms with Crippen LogP contribution in [0, 0.1) is 0 Å². The van der Waals surface area contributed by atoms with Gasteiger partial charge in [0.05, 0.1) is 12.9 Å². The Morgan fingerprint density at radius 1 is 1.25 bits per heavy atom. The van der Waals surface area contributed by atoms with Crippen LogP contribution >= 0.6 is 0 Å². The van der Waals surface area contributed by atoms with Gasteiger partial charge in [0.1, 0.15) is 5.76 Å². The summed E-state index contributed by atoms with van der Waals surface area (Å²) in [6.07, 6.45) is 2.71. The van der Waals surface area contributed by atoms with Crippen molar-refractivity contribution in [2.75, 3.05) is 33.4 Å². The van der Waals surface area contributed by atoms with Crippen LogP contribution in [0.3, 0.4) is 0 Å². The second-order valence-corrected chi connectivity index (χ2v) is 3.64. The van der Waals surface area contributed by atoms with Gasteiger partial charge < -0.3 is 19.8 Å². The highest BCUT2D eigenvalue weighted by molar-refractivity contribution is 5.16. The number of hydrogen-bond donors (Lipinski definition) is 2. The molecule has 0 amide bonds. The van der Waals surface area contributed by atoms with E-state index in [9.17, 15) is 0 Å². The Hall–Kier alpha value is -0.840. The third-order valence-corrected chi connectivity index (χ3v) is 2.44. The number of rotatable bonds is 9. The minimum absolute atomic E-state index is 0.766. The zero-order valence-electron chi connectivity index (χ0n) is 10.2. The molecule has 1 rings (SSSR count). The van der Waals surface area contributed by atoms with Crippen molar-refractivity contribution in [3.63, 3.8) is 0 Å². The van der Waals surface area contributed by atoms with E-state index in [0.717, 1.165) is 45.0 Å². The third kappa shape index (κ3) is 4.79. The highest BCUT2D eigenvalue weighted by atomic mass is 16.5. The molecule has 0 unspecified atom stereocenters. The lowest BCUT2D eigenvalue weighted by Crippen LogP contribution is -2.29. The summed E-state index contributed by atoms with van der Waals surface area (Å²) in [6.45, 7) is 6.58. The summed E-state index contributed by atoms with van der Waals surface area (Å²) in [5, 5.41) is 6.66. The van der Waals surface area contributed by atoms with E-state index in [2.05, 4.69) is 17.6 Å². The van der Waals surface area contributed by atoms with Crippen LogP contribution in [-0.2, 0) is 17.7 Å². The Balaban J connectivity index is 2.03. The van der Waals surface area contributed by atoms with Gasteiger partial charge in [-0.05, 0) is 6.07 Å². The molecule has 0 saturated carbocycles. The Morgan fingerprint density at radius 3 is 2.81 bits per heavy atom. The summed E-state index contributed by atoms with van der Waals surface area (Å²) in [5.74, 6) is 1.08. The van der Waals surface area contributed by atoms with Crippen molar-refractivity contribution in [1.82, 2.24) is 10.6 Å². The monoisotopic (exact) mass is 226 g/mol. The van der Waals surface area contributed by atoms with Crippen LogP contribution < -0.4 is 10.6 Å². The number of furan rings is 1. The maximum absolute atomic E-state index is 5.35. The minimum Gasteiger partial charge on any atom is -0.469 e. The molecule has 1 aromatic rings. The maximum Gasteiger partial charge on any atom is 0.107 e. The first-order valence-corrected chi connectivity index (χ1v) is 5.84. The standard InChI is InChI=1S/C12H22N2O2/c1-3-12-11(4-8-16-12)10-14-6-5-13-7-9-15-2/h4,8,13-14H,3,5-7,9-10H2,1-2H3. The fourth-order valence-corrected chi connectivity index (χ4v) is 1.53. The van der Waals surface area contributed by atoms with Gasteiger partial charge in [0.25, 0.3) is 0 Å². The first-order chi connectivity index (χ1) is 7.88. The molecule has 0 atom stereocenters. The van der Waals surface area contributed by atoms with Crippen molar-refractivity contribution in [3.05, 3.63) is 23.7 Å². The van der Waals surface area contributed by atoms with Crippen molar-refractivity contribution >= 4 is 0 Å². The lowest BCUT2D eigenvalue weighted by molar-refractivity contribution is 0.199. The fourth-order valence-electron chi connectivity index (χ4n) is 1.53. The zero-order chi connectivity index (χ0) is 11.6. The SMILES string of the molecule is CCc1occc1CNCCNCCOC. The van der Waals surface area contributed by atoms with Crippen molar-refractivity contribution < 1.29 is 9.15 Å². The summed E-state index contributed by atoms with van der Waals surface area (Å²) in [5.41, 5.74) is 1.26. The van der Waals surface area contributed by atoms with E-state index < -0.39 is 0 Å². The molecule has 1 aromatic heterocycles. The molecule has 0 aliphatic carbocycles. The molecule has 0 aliphatic rings. The van der Waals surface area contributed by atoms with Crippen LogP contribution in [0.4, 0.5) is 0 Å². The van der Waals surface area contributed by atoms with Crippen LogP contribution in [0.25, 0.3) is 0 Å². The molecule has 92 valence electrons. The van der Waals surface area contributed by atoms with Crippen molar-refractivity contribution in [2.24, 2.45) is 0 Å². The number of hydrogen-bond acceptors (Lipinski definition) is 4. The Labute approximate surface area is 97.4 Å². The summed E-state index contributed by atoms with van der Waals surface area (Å²) >= 11 is 0. The molecule has 0 fully saturated rings. The van der Waals surface area contributed by atoms with Gasteiger partial charge in [-0.2, -0.15) is 0 Å². The summed E-state index contributed by atoms with van der Waals surface area (Å²) in [4.78, 5) is 0. The summed E-state index contributed by atoms with van der Waals surface area (Å²) < 4.78 is 10.3. The van der Waals surface area contributed by atoms with Gasteiger partial charge in [-0.1, -0.05) is 6.92 Å². The molecule has 4 nitrogen and oxygen atoms in total. The predicted molar refractivity (Wildman–Crippen MR) is 64.5 cm³/mol. The van der Waals surface area contributed by atoms with Gasteiger partial charge >= 0.3 is 0 Å². The second-order valence-electron chi connectivity index (χ2n) is 3.64. The van der Waals surface area contributed by atoms with Crippen LogP contribution in [0.2, 0.25) is 0 Å². The average molecular weight is 226 g/mol. The van der Waals surface area contributed by atoms with Crippen LogP contribution in [0.5, 0.6) is 0 Å². The zero-order valence-corrected chi connectivity index (χ0v) is 10.2. The van der Waals surface area contributed by atoms with E-state index in [1.807, 2.05) is 6.07 Å². The topological polar surface area (TPSA) is 46.4 Å². The smallest absolute Gasteiger partial charge is 0.107 e. The third-order valence-electron chi connectivity index (χ3n) is 2.44. The molecule has 16 heavy (non-hydrogen) atoms. The van der Waals surface area contributed by atoms with E-state index in [1.165, 1.54) is 5.56 Å². The highest BCUT2D eigenvalue weighted by Gasteiger charge is 2.02. The van der Waals surface area contributed by atoms with Gasteiger partial charge in [0.2, 0.25) is 0 Å². The van der Waals surface area contributed by atoms with Gasteiger partial charge in [0, 0.05) is 45.3 Å². The van der Waals surface area contributed by atoms with E-state index in [-0.39, 0.29) is 0 Å². The molecule has 0 spiro atoms. The van der Waals surface area contributed by atoms with E-state index in [1.54, 1.807) is 13.4 Å². The highest BCUT2D eigenvalue weighted by Crippen LogP contribution is 2.10. The van der Waals surface area contributed by atoms with E-state index in [4.69, 9.17) is 9.15 Å². The molecule has 4 heteroatoms. The largest absolute Gasteiger partial charge is 0.469 e. The molecule has 0 radical (unpaired) electrons. The molecule has 2 N–H and O–H groups in total. The number of ether oxygens (including phenoxy) is 1. The molecule has 0 aliphatic heterocycles. The fraction of sp³-hybridized carbons (Fsp3) is 0.667. The van der Waals surface area contributed by atoms with Crippen molar-refractivity contribution in [2.45, 2.75) is 19.9 Å². The molecule has 1 heterocycles. The molecule has 0 aromatic carbocycles. The lowest BCUT2D eigenvalue weighted by Gasteiger charge is -2.06. The van der Waals surface area contributed by atoms with Crippen molar-refractivity contribution in [1.29, 1.82) is 0 Å². The van der Waals surface area contributed by atoms with Crippen LogP contribution in [0.15, 0.2) is 16.7 Å². The number of methoxy groups -OCH3 is 1. The average Bonchev–Trinajstić information content (AvgIpc) is 2.75. The Kier molecular flexibility index (Phi) is 6.88. The van der Waals surface area contributed by atoms with Crippen molar-refractivity contribution in [3.8, 4) is 0 Å². The maximum atomic E-state index is 5.35. The molecular weight excluding hydrogens is 204 g/mol. The van der Waals surface area contributed by atoms with Gasteiger partial charge in [-0.25, -0.2) is 0 Å². The van der Waals surface area contributed by atoms with Crippen LogP contribution in [-0.4, -0.2) is 33.4 Å². The summed E-state index contributed by atoms with van der Waals surface area (Å²) in [7, 11) is 1.71. The second kappa shape index (κ2) is 8.33. The summed E-state index contributed by atoms with van der Waals surface area (Å²) in [6, 6.07) is 2.03. The Bertz CT molecular complexity index is 274. The van der Waals surface area contributed by atoms with E-state index >= 15 is 0 Å². The Morgan fingerprint density at radius 2 is 2.06 bits per heavy atom. The number of aryl methyl sites for hydroxylation is 1. The first kappa shape index (κ1) is 13.2. The normalized spacial score (nSPS) is 10.9. The molecular formula is C12H22N2O2. The number of nitrogens with one attached hydrogen (secondary N) is 2. The first-order valence-electron chi connectivity index (χ1n) is 5.84. The molecule has 0 bridgehead atoms. The molecule has 0 saturated heterocycles. The van der Waals surface area contributed by atoms with Crippen LogP contribution in [0.1, 0.15) is 18.2 Å². The minimum atomic E-state index is 0.766. The quantitative estimate of drug-likeness (QED) is 0.620. The van der Waals surface area contributed by atoms with Gasteiger partial charge in [-0.15, -0.1) is 0 Å². The van der Waals surface area contributed by atoms with Gasteiger partial charge in [0.15, 0.2) is 0 Å². The van der Waals surface area contributed by atoms with E-state index in [0.29, 0.717) is 0 Å². The van der Waals surface area contributed by atoms with Gasteiger partial charge in [-0.3, -0.25) is 0 Å². The lowest BCUT2D eigenvalue weighted by atomic mass is 10.2.